The molecule has 8 heteroatoms. The van der Waals surface area contributed by atoms with Gasteiger partial charge in [0, 0.05) is 25.4 Å². The molecule has 4 unspecified atom stereocenters. The molecule has 0 aliphatic carbocycles. The topological polar surface area (TPSA) is 114 Å². The molecule has 4 aliphatic rings. The highest BCUT2D eigenvalue weighted by atomic mass is 16.4. The number of aliphatic hydroxyl groups excluding tert-OH is 3. The summed E-state index contributed by atoms with van der Waals surface area (Å²) in [5, 5.41) is 28.2. The zero-order valence-electron chi connectivity index (χ0n) is 11.6. The Bertz CT molecular complexity index is 494. The Balaban J connectivity index is 1.83. The minimum absolute atomic E-state index is 0.00785. The number of hydrogen-bond acceptors (Lipinski definition) is 6. The zero-order chi connectivity index (χ0) is 15.1. The molecule has 4 rings (SSSR count). The van der Waals surface area contributed by atoms with Gasteiger partial charge < -0.3 is 20.2 Å². The molecule has 0 radical (unpaired) electrons. The molecule has 4 aliphatic heterocycles. The first kappa shape index (κ1) is 14.4. The fraction of sp³-hybridized carbons (Fsp3) is 0.769. The smallest absolute Gasteiger partial charge is 0.271 e. The van der Waals surface area contributed by atoms with Crippen molar-refractivity contribution in [1.82, 2.24) is 9.80 Å². The minimum atomic E-state index is -1.28. The molecule has 0 spiro atoms. The van der Waals surface area contributed by atoms with Crippen LogP contribution in [0.5, 0.6) is 0 Å². The molecule has 3 N–H and O–H groups in total. The van der Waals surface area contributed by atoms with Gasteiger partial charge in [0.2, 0.25) is 11.9 Å². The molecule has 2 bridgehead atoms. The number of fused-ring (bicyclic) bond motifs is 3. The number of nitrogens with zero attached hydrogens (tertiary/aromatic N) is 3. The summed E-state index contributed by atoms with van der Waals surface area (Å²) in [6.07, 6.45) is -0.495. The first-order valence-corrected chi connectivity index (χ1v) is 7.21. The van der Waals surface area contributed by atoms with Crippen molar-refractivity contribution >= 4 is 17.8 Å². The summed E-state index contributed by atoms with van der Waals surface area (Å²) in [5.74, 6) is -0.0351. The fourth-order valence-electron chi connectivity index (χ4n) is 3.30. The number of hydrogen-bond donors (Lipinski definition) is 3. The van der Waals surface area contributed by atoms with Crippen LogP contribution in [0.1, 0.15) is 25.7 Å². The predicted octanol–water partition coefficient (Wildman–Crippen LogP) is -1.95. The van der Waals surface area contributed by atoms with Crippen molar-refractivity contribution in [3.05, 3.63) is 0 Å². The van der Waals surface area contributed by atoms with Crippen molar-refractivity contribution < 1.29 is 24.9 Å². The van der Waals surface area contributed by atoms with Gasteiger partial charge in [-0.1, -0.05) is 0 Å². The van der Waals surface area contributed by atoms with Gasteiger partial charge in [-0.05, 0) is 12.8 Å². The number of rotatable bonds is 4. The maximum absolute atomic E-state index is 12.1. The highest BCUT2D eigenvalue weighted by Gasteiger charge is 2.49. The van der Waals surface area contributed by atoms with E-state index in [9.17, 15) is 19.8 Å². The highest BCUT2D eigenvalue weighted by molar-refractivity contribution is 6.10. The summed E-state index contributed by atoms with van der Waals surface area (Å²) in [6.45, 7) is -0.00365. The van der Waals surface area contributed by atoms with Gasteiger partial charge in [0.15, 0.2) is 0 Å². The second kappa shape index (κ2) is 5.36. The van der Waals surface area contributed by atoms with Crippen molar-refractivity contribution in [3.8, 4) is 0 Å². The van der Waals surface area contributed by atoms with Crippen LogP contribution < -0.4 is 0 Å². The lowest BCUT2D eigenvalue weighted by Crippen LogP contribution is -2.57. The molecule has 3 fully saturated rings. The van der Waals surface area contributed by atoms with Crippen LogP contribution >= 0.6 is 0 Å². The fourth-order valence-corrected chi connectivity index (χ4v) is 3.30. The van der Waals surface area contributed by atoms with E-state index in [1.807, 2.05) is 4.90 Å². The predicted molar refractivity (Wildman–Crippen MR) is 71.1 cm³/mol. The molecule has 116 valence electrons. The maximum atomic E-state index is 12.1. The van der Waals surface area contributed by atoms with Crippen LogP contribution in [0.4, 0.5) is 0 Å². The number of carbonyl (C=O) groups excluding carboxylic acids is 2. The van der Waals surface area contributed by atoms with Gasteiger partial charge >= 0.3 is 0 Å². The number of aliphatic imine (C=N–C) groups is 1. The average Bonchev–Trinajstić information content (AvgIpc) is 2.62. The van der Waals surface area contributed by atoms with E-state index in [1.54, 1.807) is 0 Å². The Morgan fingerprint density at radius 1 is 1.29 bits per heavy atom. The van der Waals surface area contributed by atoms with E-state index in [4.69, 9.17) is 5.11 Å². The molecular weight excluding hydrogens is 278 g/mol. The summed E-state index contributed by atoms with van der Waals surface area (Å²) < 4.78 is 0. The molecule has 0 aromatic carbocycles. The van der Waals surface area contributed by atoms with Crippen LogP contribution in [0.15, 0.2) is 4.99 Å². The third kappa shape index (κ3) is 2.33. The first-order chi connectivity index (χ1) is 10.0. The Morgan fingerprint density at radius 3 is 2.76 bits per heavy atom. The van der Waals surface area contributed by atoms with E-state index in [0.717, 1.165) is 12.8 Å². The van der Waals surface area contributed by atoms with E-state index < -0.39 is 30.8 Å². The molecule has 8 nitrogen and oxygen atoms in total. The number of amides is 2. The largest absolute Gasteiger partial charge is 0.394 e. The molecule has 4 heterocycles. The standard InChI is InChI=1S/C13H19N3O5/c17-6-10(19)9(18)5-8-12(21)14-13-15-3-1-2-7(16(8)13)4-11(15)20/h7-10,17-19H,1-6H2. The van der Waals surface area contributed by atoms with E-state index in [-0.39, 0.29) is 18.4 Å². The lowest BCUT2D eigenvalue weighted by molar-refractivity contribution is -0.131. The van der Waals surface area contributed by atoms with E-state index >= 15 is 0 Å². The minimum Gasteiger partial charge on any atom is -0.394 e. The van der Waals surface area contributed by atoms with E-state index in [1.165, 1.54) is 4.90 Å². The van der Waals surface area contributed by atoms with Crippen molar-refractivity contribution in [3.63, 3.8) is 0 Å². The quantitative estimate of drug-likeness (QED) is 0.556. The van der Waals surface area contributed by atoms with Gasteiger partial charge in [-0.3, -0.25) is 14.5 Å². The van der Waals surface area contributed by atoms with E-state index in [0.29, 0.717) is 18.9 Å². The molecule has 2 amide bonds. The van der Waals surface area contributed by atoms with Gasteiger partial charge in [-0.2, -0.15) is 4.99 Å². The molecule has 21 heavy (non-hydrogen) atoms. The average molecular weight is 297 g/mol. The molecule has 0 aromatic heterocycles. The second-order valence-corrected chi connectivity index (χ2v) is 5.77. The van der Waals surface area contributed by atoms with Crippen LogP contribution in [0.3, 0.4) is 0 Å². The third-order valence-electron chi connectivity index (χ3n) is 4.42. The Morgan fingerprint density at radius 2 is 2.05 bits per heavy atom. The van der Waals surface area contributed by atoms with Crippen LogP contribution in [0.25, 0.3) is 0 Å². The SMILES string of the molecule is O=C1N=C2N3CCCC(CC3=O)N2C1CC(O)C(O)CO. The third-order valence-corrected chi connectivity index (χ3v) is 4.42. The molecule has 4 atom stereocenters. The van der Waals surface area contributed by atoms with Gasteiger partial charge in [-0.15, -0.1) is 0 Å². The molecule has 0 aromatic rings. The number of carbonyl (C=O) groups is 2. The Hall–Kier alpha value is -1.51. The first-order valence-electron chi connectivity index (χ1n) is 7.21. The lowest BCUT2D eigenvalue weighted by atomic mass is 9.99. The summed E-state index contributed by atoms with van der Waals surface area (Å²) in [5.41, 5.74) is 0. The normalized spacial score (nSPS) is 31.1. The maximum Gasteiger partial charge on any atom is 0.271 e. The van der Waals surface area contributed by atoms with E-state index in [2.05, 4.69) is 4.99 Å². The molecular formula is C13H19N3O5. The molecule has 0 saturated carbocycles. The van der Waals surface area contributed by atoms with Crippen LogP contribution in [-0.2, 0) is 9.59 Å². The van der Waals surface area contributed by atoms with Gasteiger partial charge in [0.05, 0.1) is 12.7 Å². The van der Waals surface area contributed by atoms with Gasteiger partial charge in [0.1, 0.15) is 12.1 Å². The monoisotopic (exact) mass is 297 g/mol. The van der Waals surface area contributed by atoms with Gasteiger partial charge in [0.25, 0.3) is 5.91 Å². The van der Waals surface area contributed by atoms with Crippen LogP contribution in [0, 0.1) is 0 Å². The second-order valence-electron chi connectivity index (χ2n) is 5.77. The number of guanidine groups is 1. The highest BCUT2D eigenvalue weighted by Crippen LogP contribution is 2.33. The molecule has 3 saturated heterocycles. The van der Waals surface area contributed by atoms with Crippen molar-refractivity contribution in [1.29, 1.82) is 0 Å². The van der Waals surface area contributed by atoms with Crippen molar-refractivity contribution in [2.45, 2.75) is 50.0 Å². The van der Waals surface area contributed by atoms with Crippen LogP contribution in [-0.4, -0.2) is 80.3 Å². The zero-order valence-corrected chi connectivity index (χ0v) is 11.6. The summed E-state index contributed by atoms with van der Waals surface area (Å²) >= 11 is 0. The summed E-state index contributed by atoms with van der Waals surface area (Å²) in [6, 6.07) is -0.750. The van der Waals surface area contributed by atoms with Gasteiger partial charge in [-0.25, -0.2) is 0 Å². The number of aliphatic hydroxyl groups is 3. The Labute approximate surface area is 121 Å². The summed E-state index contributed by atoms with van der Waals surface area (Å²) in [4.78, 5) is 31.4. The summed E-state index contributed by atoms with van der Waals surface area (Å²) in [7, 11) is 0. The van der Waals surface area contributed by atoms with Crippen LogP contribution in [0.2, 0.25) is 0 Å². The van der Waals surface area contributed by atoms with Crippen molar-refractivity contribution in [2.75, 3.05) is 13.2 Å². The van der Waals surface area contributed by atoms with Crippen molar-refractivity contribution in [2.24, 2.45) is 4.99 Å². The lowest BCUT2D eigenvalue weighted by Gasteiger charge is -2.40. The Kier molecular flexibility index (Phi) is 3.68.